The van der Waals surface area contributed by atoms with Gasteiger partial charge in [-0.1, -0.05) is 0 Å². The van der Waals surface area contributed by atoms with Crippen molar-refractivity contribution in [2.24, 2.45) is 5.92 Å². The first-order valence-electron chi connectivity index (χ1n) is 9.02. The van der Waals surface area contributed by atoms with E-state index in [1.807, 2.05) is 0 Å². The molecular weight excluding hydrogens is 411 g/mol. The quantitative estimate of drug-likeness (QED) is 0.570. The van der Waals surface area contributed by atoms with E-state index in [9.17, 15) is 0 Å². The second-order valence-electron chi connectivity index (χ2n) is 9.65. The van der Waals surface area contributed by atoms with E-state index in [-0.39, 0.29) is 10.8 Å². The van der Waals surface area contributed by atoms with Crippen LogP contribution in [0.15, 0.2) is 9.67 Å². The molecule has 1 aliphatic heterocycles. The summed E-state index contributed by atoms with van der Waals surface area (Å²) in [5.41, 5.74) is 0. The molecule has 1 saturated heterocycles. The number of hydrogen-bond donors (Lipinski definition) is 0. The van der Waals surface area contributed by atoms with Crippen molar-refractivity contribution in [1.82, 2.24) is 0 Å². The van der Waals surface area contributed by atoms with Crippen LogP contribution in [0.25, 0.3) is 0 Å². The van der Waals surface area contributed by atoms with E-state index < -0.39 is 26.7 Å². The fourth-order valence-corrected chi connectivity index (χ4v) is 10.4. The van der Waals surface area contributed by atoms with Gasteiger partial charge in [0.1, 0.15) is 0 Å². The van der Waals surface area contributed by atoms with E-state index in [0.717, 1.165) is 32.7 Å². The number of hydrogen-bond acceptors (Lipinski definition) is 3. The first kappa shape index (κ1) is 20.0. The van der Waals surface area contributed by atoms with Crippen molar-refractivity contribution < 1.29 is 13.9 Å². The molecule has 1 spiro atoms. The Hall–Kier alpha value is 0.636. The van der Waals surface area contributed by atoms with Gasteiger partial charge in [-0.15, -0.1) is 0 Å². The molecule has 0 bridgehead atoms. The molecule has 1 heterocycles. The minimum absolute atomic E-state index is 0.274. The van der Waals surface area contributed by atoms with Gasteiger partial charge >= 0.3 is 148 Å². The monoisotopic (exact) mass is 448 g/mol. The summed E-state index contributed by atoms with van der Waals surface area (Å²) in [6.45, 7) is 13.9. The Morgan fingerprint density at radius 3 is 2.26 bits per heavy atom. The van der Waals surface area contributed by atoms with Crippen LogP contribution >= 0.6 is 0 Å². The molecule has 0 aromatic heterocycles. The molecular formula is C18H36O3SiSn. The van der Waals surface area contributed by atoms with Gasteiger partial charge in [-0.05, 0) is 0 Å². The molecule has 0 amide bonds. The molecule has 0 aromatic rings. The van der Waals surface area contributed by atoms with Crippen molar-refractivity contribution in [2.45, 2.75) is 72.4 Å². The third-order valence-electron chi connectivity index (χ3n) is 5.68. The molecule has 2 aliphatic rings. The predicted molar refractivity (Wildman–Crippen MR) is 102 cm³/mol. The molecule has 0 unspecified atom stereocenters. The van der Waals surface area contributed by atoms with Gasteiger partial charge in [0.2, 0.25) is 0 Å². The molecule has 0 N–H and O–H groups in total. The third-order valence-corrected chi connectivity index (χ3v) is 16.4. The van der Waals surface area contributed by atoms with Crippen molar-refractivity contribution in [3.05, 3.63) is 9.67 Å². The molecule has 23 heavy (non-hydrogen) atoms. The number of rotatable bonds is 4. The Bertz CT molecular complexity index is 454. The van der Waals surface area contributed by atoms with Crippen LogP contribution in [0.3, 0.4) is 0 Å². The summed E-state index contributed by atoms with van der Waals surface area (Å²) in [4.78, 5) is 7.39. The van der Waals surface area contributed by atoms with Crippen molar-refractivity contribution in [3.8, 4) is 0 Å². The topological polar surface area (TPSA) is 27.7 Å². The third kappa shape index (κ3) is 4.43. The van der Waals surface area contributed by atoms with Crippen molar-refractivity contribution >= 4 is 26.7 Å². The van der Waals surface area contributed by atoms with Gasteiger partial charge < -0.3 is 0 Å². The Morgan fingerprint density at radius 2 is 1.78 bits per heavy atom. The van der Waals surface area contributed by atoms with E-state index >= 15 is 0 Å². The van der Waals surface area contributed by atoms with Crippen LogP contribution in [-0.4, -0.2) is 52.3 Å². The summed E-state index contributed by atoms with van der Waals surface area (Å²) in [5, 5.41) is 0.274. The first-order valence-corrected chi connectivity index (χ1v) is 21.9. The van der Waals surface area contributed by atoms with Crippen molar-refractivity contribution in [1.29, 1.82) is 0 Å². The molecule has 0 aromatic carbocycles. The fraction of sp³-hybridized carbons (Fsp3) is 0.889. The first-order chi connectivity index (χ1) is 10.4. The van der Waals surface area contributed by atoms with E-state index in [1.54, 1.807) is 0 Å². The van der Waals surface area contributed by atoms with E-state index in [4.69, 9.17) is 13.9 Å². The molecule has 0 saturated carbocycles. The molecule has 5 heteroatoms. The van der Waals surface area contributed by atoms with Crippen LogP contribution in [-0.2, 0) is 13.9 Å². The van der Waals surface area contributed by atoms with Crippen LogP contribution in [0.1, 0.15) is 33.6 Å². The molecule has 1 atom stereocenters. The second kappa shape index (κ2) is 6.74. The summed E-state index contributed by atoms with van der Waals surface area (Å²) in [5.74, 6) is 0.149. The maximum absolute atomic E-state index is 6.48. The number of ether oxygens (including phenoxy) is 2. The van der Waals surface area contributed by atoms with Gasteiger partial charge in [-0.25, -0.2) is 0 Å². The van der Waals surface area contributed by atoms with Crippen LogP contribution in [0.4, 0.5) is 0 Å². The predicted octanol–water partition coefficient (Wildman–Crippen LogP) is 4.97. The fourth-order valence-electron chi connectivity index (χ4n) is 3.20. The van der Waals surface area contributed by atoms with Gasteiger partial charge in [0.15, 0.2) is 0 Å². The summed E-state index contributed by atoms with van der Waals surface area (Å²) >= 11 is -2.27. The van der Waals surface area contributed by atoms with Crippen molar-refractivity contribution in [2.75, 3.05) is 19.8 Å². The normalized spacial score (nSPS) is 25.7. The van der Waals surface area contributed by atoms with Gasteiger partial charge in [-0.3, -0.25) is 0 Å². The van der Waals surface area contributed by atoms with Crippen LogP contribution in [0, 0.1) is 5.92 Å². The van der Waals surface area contributed by atoms with Gasteiger partial charge in [0, 0.05) is 0 Å². The Morgan fingerprint density at radius 1 is 1.22 bits per heavy atom. The van der Waals surface area contributed by atoms with Gasteiger partial charge in [0.25, 0.3) is 0 Å². The summed E-state index contributed by atoms with van der Waals surface area (Å²) < 4.78 is 20.2. The summed E-state index contributed by atoms with van der Waals surface area (Å²) in [6.07, 6.45) is 4.59. The van der Waals surface area contributed by atoms with Crippen LogP contribution in [0.5, 0.6) is 0 Å². The molecule has 1 aliphatic carbocycles. The molecule has 1 fully saturated rings. The zero-order chi connectivity index (χ0) is 17.5. The van der Waals surface area contributed by atoms with Gasteiger partial charge in [-0.2, -0.15) is 0 Å². The Kier molecular flexibility index (Phi) is 5.85. The standard InChI is InChI=1S/C15H27O3Si.3CH3.Sn/c1-14(2,3)19(4,5)18-12-13-6-8-15(9-7-13)16-10-11-17-15;;;;/h6,13H,7,9-12H2,1-5H3;3*1H3;/t13-;;;;/m0..../s1. The summed E-state index contributed by atoms with van der Waals surface area (Å²) in [7, 11) is -1.67. The second-order valence-corrected chi connectivity index (χ2v) is 28.8. The maximum atomic E-state index is 6.48. The van der Waals surface area contributed by atoms with Crippen molar-refractivity contribution in [3.63, 3.8) is 0 Å². The molecule has 134 valence electrons. The van der Waals surface area contributed by atoms with Crippen LogP contribution < -0.4 is 0 Å². The minimum atomic E-state index is -2.27. The average Bonchev–Trinajstić information content (AvgIpc) is 2.84. The zero-order valence-electron chi connectivity index (χ0n) is 16.4. The SMILES string of the molecule is CC(C)(C)[Si](C)(C)OC[C@H]1C=[C]([Sn]([CH3])([CH3])[CH3])C2(CC1)OCCO2. The van der Waals surface area contributed by atoms with Gasteiger partial charge in [0.05, 0.1) is 0 Å². The Labute approximate surface area is 148 Å². The average molecular weight is 447 g/mol. The van der Waals surface area contributed by atoms with E-state index in [1.165, 1.54) is 3.59 Å². The zero-order valence-corrected chi connectivity index (χ0v) is 20.3. The van der Waals surface area contributed by atoms with Crippen LogP contribution in [0.2, 0.25) is 33.0 Å². The summed E-state index contributed by atoms with van der Waals surface area (Å²) in [6, 6.07) is 0. The molecule has 3 nitrogen and oxygen atoms in total. The van der Waals surface area contributed by atoms with E-state index in [0.29, 0.717) is 5.92 Å². The van der Waals surface area contributed by atoms with E-state index in [2.05, 4.69) is 54.8 Å². The molecule has 0 radical (unpaired) electrons. The Balaban J connectivity index is 2.13. The molecule has 2 rings (SSSR count).